The zero-order valence-electron chi connectivity index (χ0n) is 15.4. The third-order valence-corrected chi connectivity index (χ3v) is 7.16. The molecule has 7 heteroatoms. The normalized spacial score (nSPS) is 21.1. The summed E-state index contributed by atoms with van der Waals surface area (Å²) in [5.41, 5.74) is 1.75. The highest BCUT2D eigenvalue weighted by Gasteiger charge is 2.27. The van der Waals surface area contributed by atoms with E-state index in [1.165, 1.54) is 37.8 Å². The van der Waals surface area contributed by atoms with Gasteiger partial charge in [-0.05, 0) is 38.2 Å². The minimum atomic E-state index is 0.0133. The summed E-state index contributed by atoms with van der Waals surface area (Å²) in [7, 11) is 0. The summed E-state index contributed by atoms with van der Waals surface area (Å²) in [6, 6.07) is 1.96. The number of thioether (sulfide) groups is 1. The van der Waals surface area contributed by atoms with Gasteiger partial charge in [0, 0.05) is 43.7 Å². The summed E-state index contributed by atoms with van der Waals surface area (Å²) in [5, 5.41) is 5.17. The van der Waals surface area contributed by atoms with Gasteiger partial charge in [-0.15, -0.1) is 11.8 Å². The van der Waals surface area contributed by atoms with Crippen molar-refractivity contribution in [3.8, 4) is 0 Å². The molecule has 0 radical (unpaired) electrons. The van der Waals surface area contributed by atoms with Crippen LogP contribution in [0.2, 0.25) is 0 Å². The average Bonchev–Trinajstić information content (AvgIpc) is 3.35. The number of nitrogens with zero attached hydrogens (tertiary/aromatic N) is 4. The quantitative estimate of drug-likeness (QED) is 0.808. The largest absolute Gasteiger partial charge is 0.338 e. The zero-order chi connectivity index (χ0) is 17.9. The highest BCUT2D eigenvalue weighted by atomic mass is 32.2. The van der Waals surface area contributed by atoms with E-state index in [2.05, 4.69) is 5.10 Å². The Bertz CT molecular complexity index is 637. The molecule has 3 heterocycles. The number of hydrogen-bond acceptors (Lipinski definition) is 4. The van der Waals surface area contributed by atoms with Crippen molar-refractivity contribution in [3.05, 3.63) is 17.5 Å². The predicted molar refractivity (Wildman–Crippen MR) is 102 cm³/mol. The fourth-order valence-electron chi connectivity index (χ4n) is 4.18. The maximum atomic E-state index is 12.7. The number of fused-ring (bicyclic) bond motifs is 1. The van der Waals surface area contributed by atoms with Gasteiger partial charge in [0.25, 0.3) is 5.91 Å². The van der Waals surface area contributed by atoms with Crippen LogP contribution in [0.4, 0.5) is 0 Å². The Morgan fingerprint density at radius 1 is 1.00 bits per heavy atom. The SMILES string of the molecule is O=C(CSC1CCCC1)N1CCN(C(=O)c2cc3n(n2)CCCC3)CC1. The monoisotopic (exact) mass is 376 g/mol. The van der Waals surface area contributed by atoms with Gasteiger partial charge >= 0.3 is 0 Å². The Balaban J connectivity index is 1.26. The highest BCUT2D eigenvalue weighted by molar-refractivity contribution is 8.00. The molecule has 4 rings (SSSR count). The van der Waals surface area contributed by atoms with Crippen molar-refractivity contribution in [1.82, 2.24) is 19.6 Å². The van der Waals surface area contributed by atoms with Crippen molar-refractivity contribution in [2.75, 3.05) is 31.9 Å². The van der Waals surface area contributed by atoms with E-state index < -0.39 is 0 Å². The molecule has 2 amide bonds. The molecule has 26 heavy (non-hydrogen) atoms. The van der Waals surface area contributed by atoms with Gasteiger partial charge in [0.1, 0.15) is 0 Å². The Kier molecular flexibility index (Phi) is 5.52. The second-order valence-corrected chi connectivity index (χ2v) is 8.88. The van der Waals surface area contributed by atoms with Gasteiger partial charge in [-0.1, -0.05) is 12.8 Å². The van der Waals surface area contributed by atoms with Crippen LogP contribution in [0.1, 0.15) is 54.7 Å². The maximum Gasteiger partial charge on any atom is 0.274 e. The molecule has 1 aromatic rings. The van der Waals surface area contributed by atoms with E-state index >= 15 is 0 Å². The van der Waals surface area contributed by atoms with Gasteiger partial charge in [-0.2, -0.15) is 5.10 Å². The first-order valence-corrected chi connectivity index (χ1v) is 11.0. The van der Waals surface area contributed by atoms with E-state index in [-0.39, 0.29) is 11.8 Å². The lowest BCUT2D eigenvalue weighted by molar-refractivity contribution is -0.129. The average molecular weight is 377 g/mol. The fourth-order valence-corrected chi connectivity index (χ4v) is 5.41. The number of aromatic nitrogens is 2. The Morgan fingerprint density at radius 2 is 1.73 bits per heavy atom. The molecular weight excluding hydrogens is 348 g/mol. The van der Waals surface area contributed by atoms with Gasteiger partial charge in [0.15, 0.2) is 5.69 Å². The van der Waals surface area contributed by atoms with Crippen LogP contribution in [0, 0.1) is 0 Å². The molecule has 0 spiro atoms. The summed E-state index contributed by atoms with van der Waals surface area (Å²) in [5.74, 6) is 0.831. The lowest BCUT2D eigenvalue weighted by atomic mass is 10.1. The summed E-state index contributed by atoms with van der Waals surface area (Å²) in [6.45, 7) is 3.43. The smallest absolute Gasteiger partial charge is 0.274 e. The molecule has 1 aliphatic carbocycles. The number of carbonyl (C=O) groups is 2. The molecule has 0 unspecified atom stereocenters. The molecule has 0 aromatic carbocycles. The second-order valence-electron chi connectivity index (χ2n) is 7.59. The van der Waals surface area contributed by atoms with Crippen molar-refractivity contribution in [2.45, 2.75) is 56.7 Å². The second kappa shape index (κ2) is 8.03. The van der Waals surface area contributed by atoms with Crippen LogP contribution in [0.3, 0.4) is 0 Å². The lowest BCUT2D eigenvalue weighted by Gasteiger charge is -2.34. The summed E-state index contributed by atoms with van der Waals surface area (Å²) < 4.78 is 1.98. The van der Waals surface area contributed by atoms with E-state index in [0.29, 0.717) is 42.9 Å². The van der Waals surface area contributed by atoms with Gasteiger partial charge in [0.05, 0.1) is 5.75 Å². The summed E-state index contributed by atoms with van der Waals surface area (Å²) in [6.07, 6.45) is 8.47. The number of amides is 2. The minimum absolute atomic E-state index is 0.0133. The van der Waals surface area contributed by atoms with E-state index in [9.17, 15) is 9.59 Å². The molecule has 6 nitrogen and oxygen atoms in total. The molecule has 0 atom stereocenters. The third kappa shape index (κ3) is 3.92. The Morgan fingerprint density at radius 3 is 2.46 bits per heavy atom. The number of piperazine rings is 1. The van der Waals surface area contributed by atoms with Gasteiger partial charge in [0.2, 0.25) is 5.91 Å². The molecular formula is C19H28N4O2S. The summed E-state index contributed by atoms with van der Waals surface area (Å²) >= 11 is 1.82. The molecule has 2 fully saturated rings. The maximum absolute atomic E-state index is 12.7. The van der Waals surface area contributed by atoms with Crippen molar-refractivity contribution < 1.29 is 9.59 Å². The van der Waals surface area contributed by atoms with Crippen LogP contribution in [-0.2, 0) is 17.8 Å². The van der Waals surface area contributed by atoms with Crippen molar-refractivity contribution in [2.24, 2.45) is 0 Å². The molecule has 0 bridgehead atoms. The molecule has 2 aliphatic heterocycles. The first-order chi connectivity index (χ1) is 12.7. The topological polar surface area (TPSA) is 58.4 Å². The van der Waals surface area contributed by atoms with E-state index in [1.807, 2.05) is 32.3 Å². The van der Waals surface area contributed by atoms with Gasteiger partial charge in [-0.3, -0.25) is 14.3 Å². The van der Waals surface area contributed by atoms with Crippen LogP contribution in [0.25, 0.3) is 0 Å². The first kappa shape index (κ1) is 17.9. The highest BCUT2D eigenvalue weighted by Crippen LogP contribution is 2.29. The molecule has 0 N–H and O–H groups in total. The van der Waals surface area contributed by atoms with Crippen molar-refractivity contribution in [3.63, 3.8) is 0 Å². The molecule has 142 valence electrons. The van der Waals surface area contributed by atoms with Crippen molar-refractivity contribution >= 4 is 23.6 Å². The lowest BCUT2D eigenvalue weighted by Crippen LogP contribution is -2.51. The standard InChI is InChI=1S/C19H28N4O2S/c24-18(14-26-16-6-1-2-7-16)21-9-11-22(12-10-21)19(25)17-13-15-5-3-4-8-23(15)20-17/h13,16H,1-12,14H2. The van der Waals surface area contributed by atoms with Crippen LogP contribution in [-0.4, -0.2) is 68.6 Å². The molecule has 3 aliphatic rings. The third-order valence-electron chi connectivity index (χ3n) is 5.80. The van der Waals surface area contributed by atoms with Crippen LogP contribution in [0.5, 0.6) is 0 Å². The minimum Gasteiger partial charge on any atom is -0.338 e. The molecule has 1 saturated heterocycles. The Hall–Kier alpha value is -1.50. The molecule has 1 aromatic heterocycles. The fraction of sp³-hybridized carbons (Fsp3) is 0.737. The number of carbonyl (C=O) groups excluding carboxylic acids is 2. The zero-order valence-corrected chi connectivity index (χ0v) is 16.2. The van der Waals surface area contributed by atoms with Gasteiger partial charge in [-0.25, -0.2) is 0 Å². The number of rotatable bonds is 4. The van der Waals surface area contributed by atoms with Crippen LogP contribution >= 0.6 is 11.8 Å². The van der Waals surface area contributed by atoms with E-state index in [1.54, 1.807) is 0 Å². The van der Waals surface area contributed by atoms with Crippen LogP contribution < -0.4 is 0 Å². The van der Waals surface area contributed by atoms with E-state index in [4.69, 9.17) is 0 Å². The van der Waals surface area contributed by atoms with E-state index in [0.717, 1.165) is 19.4 Å². The number of aryl methyl sites for hydroxylation is 2. The number of hydrogen-bond donors (Lipinski definition) is 0. The molecule has 1 saturated carbocycles. The Labute approximate surface area is 159 Å². The van der Waals surface area contributed by atoms with Crippen LogP contribution in [0.15, 0.2) is 6.07 Å². The predicted octanol–water partition coefficient (Wildman–Crippen LogP) is 2.18. The first-order valence-electron chi connectivity index (χ1n) is 9.96. The van der Waals surface area contributed by atoms with Gasteiger partial charge < -0.3 is 9.80 Å². The van der Waals surface area contributed by atoms with Crippen molar-refractivity contribution in [1.29, 1.82) is 0 Å². The summed E-state index contributed by atoms with van der Waals surface area (Å²) in [4.78, 5) is 28.9.